The lowest BCUT2D eigenvalue weighted by Gasteiger charge is -2.28. The maximum Gasteiger partial charge on any atom is 0.130 e. The highest BCUT2D eigenvalue weighted by Crippen LogP contribution is 2.27. The maximum atomic E-state index is 4.53. The Balaban J connectivity index is 2.18. The van der Waals surface area contributed by atoms with Gasteiger partial charge in [0.15, 0.2) is 0 Å². The molecule has 82 valence electrons. The van der Waals surface area contributed by atoms with E-state index >= 15 is 0 Å². The van der Waals surface area contributed by atoms with Crippen LogP contribution in [0.25, 0.3) is 0 Å². The smallest absolute Gasteiger partial charge is 0.130 e. The number of hydrogen-bond donors (Lipinski definition) is 0. The van der Waals surface area contributed by atoms with Crippen molar-refractivity contribution in [2.45, 2.75) is 38.6 Å². The minimum atomic E-state index is 0.705. The van der Waals surface area contributed by atoms with Gasteiger partial charge in [0.25, 0.3) is 0 Å². The minimum absolute atomic E-state index is 0.705. The highest BCUT2D eigenvalue weighted by molar-refractivity contribution is 9.10. The molecule has 1 aliphatic rings. The molecule has 3 heteroatoms. The van der Waals surface area contributed by atoms with Gasteiger partial charge in [-0.1, -0.05) is 18.9 Å². The fourth-order valence-corrected chi connectivity index (χ4v) is 2.71. The van der Waals surface area contributed by atoms with Crippen LogP contribution in [-0.4, -0.2) is 17.6 Å². The Kier molecular flexibility index (Phi) is 3.62. The molecule has 0 N–H and O–H groups in total. The van der Waals surface area contributed by atoms with E-state index in [1.807, 2.05) is 6.07 Å². The lowest BCUT2D eigenvalue weighted by molar-refractivity contribution is 0.613. The van der Waals surface area contributed by atoms with Crippen LogP contribution < -0.4 is 4.90 Å². The molecule has 1 aliphatic carbocycles. The molecule has 0 radical (unpaired) electrons. The topological polar surface area (TPSA) is 16.1 Å². The summed E-state index contributed by atoms with van der Waals surface area (Å²) in [5, 5.41) is 0. The molecule has 1 saturated carbocycles. The van der Waals surface area contributed by atoms with Crippen LogP contribution in [0.2, 0.25) is 0 Å². The van der Waals surface area contributed by atoms with Crippen molar-refractivity contribution in [1.82, 2.24) is 4.98 Å². The van der Waals surface area contributed by atoms with Crippen LogP contribution in [0.4, 0.5) is 5.82 Å². The van der Waals surface area contributed by atoms with Crippen molar-refractivity contribution in [2.24, 2.45) is 0 Å². The quantitative estimate of drug-likeness (QED) is 0.779. The van der Waals surface area contributed by atoms with E-state index in [0.29, 0.717) is 6.04 Å². The third-order valence-electron chi connectivity index (χ3n) is 3.10. The summed E-state index contributed by atoms with van der Waals surface area (Å²) in [6, 6.07) is 6.85. The summed E-state index contributed by atoms with van der Waals surface area (Å²) >= 11 is 3.43. The number of pyridine rings is 1. The van der Waals surface area contributed by atoms with Gasteiger partial charge in [-0.15, -0.1) is 0 Å². The van der Waals surface area contributed by atoms with E-state index in [9.17, 15) is 0 Å². The van der Waals surface area contributed by atoms with Crippen LogP contribution in [0.1, 0.15) is 32.6 Å². The molecule has 2 rings (SSSR count). The molecule has 15 heavy (non-hydrogen) atoms. The summed E-state index contributed by atoms with van der Waals surface area (Å²) < 4.78 is 0.927. The molecule has 1 aromatic rings. The van der Waals surface area contributed by atoms with Gasteiger partial charge in [-0.25, -0.2) is 4.98 Å². The van der Waals surface area contributed by atoms with Crippen molar-refractivity contribution < 1.29 is 0 Å². The Hall–Kier alpha value is -0.570. The number of halogens is 1. The SMILES string of the molecule is CCN(c1cccc(Br)n1)C1CCCC1. The van der Waals surface area contributed by atoms with Crippen LogP contribution in [-0.2, 0) is 0 Å². The number of anilines is 1. The van der Waals surface area contributed by atoms with Gasteiger partial charge in [-0.3, -0.25) is 0 Å². The molecular weight excluding hydrogens is 252 g/mol. The Bertz CT molecular complexity index is 321. The normalized spacial score (nSPS) is 16.9. The summed E-state index contributed by atoms with van der Waals surface area (Å²) in [4.78, 5) is 6.96. The molecule has 1 heterocycles. The molecule has 0 aromatic carbocycles. The summed E-state index contributed by atoms with van der Waals surface area (Å²) in [5.41, 5.74) is 0. The van der Waals surface area contributed by atoms with Gasteiger partial charge in [0, 0.05) is 12.6 Å². The summed E-state index contributed by atoms with van der Waals surface area (Å²) in [5.74, 6) is 1.11. The van der Waals surface area contributed by atoms with Crippen molar-refractivity contribution in [3.8, 4) is 0 Å². The first-order valence-corrected chi connectivity index (χ1v) is 6.49. The van der Waals surface area contributed by atoms with E-state index in [4.69, 9.17) is 0 Å². The number of rotatable bonds is 3. The van der Waals surface area contributed by atoms with E-state index in [1.165, 1.54) is 25.7 Å². The Morgan fingerprint density at radius 3 is 2.73 bits per heavy atom. The molecule has 1 aromatic heterocycles. The molecular formula is C12H17BrN2. The fourth-order valence-electron chi connectivity index (χ4n) is 2.38. The molecule has 0 bridgehead atoms. The van der Waals surface area contributed by atoms with Gasteiger partial charge < -0.3 is 4.90 Å². The average Bonchev–Trinajstić information content (AvgIpc) is 2.72. The number of aromatic nitrogens is 1. The molecule has 0 amide bonds. The van der Waals surface area contributed by atoms with E-state index in [-0.39, 0.29) is 0 Å². The maximum absolute atomic E-state index is 4.53. The van der Waals surface area contributed by atoms with Crippen LogP contribution in [0, 0.1) is 0 Å². The van der Waals surface area contributed by atoms with E-state index in [0.717, 1.165) is 17.0 Å². The second-order valence-corrected chi connectivity index (χ2v) is 4.86. The third-order valence-corrected chi connectivity index (χ3v) is 3.54. The van der Waals surface area contributed by atoms with Gasteiger partial charge in [0.2, 0.25) is 0 Å². The molecule has 2 nitrogen and oxygen atoms in total. The van der Waals surface area contributed by atoms with Crippen LogP contribution in [0.3, 0.4) is 0 Å². The molecule has 0 aliphatic heterocycles. The summed E-state index contributed by atoms with van der Waals surface area (Å²) in [7, 11) is 0. The Morgan fingerprint density at radius 1 is 1.40 bits per heavy atom. The Labute approximate surface area is 99.8 Å². The molecule has 1 fully saturated rings. The molecule has 0 saturated heterocycles. The zero-order valence-electron chi connectivity index (χ0n) is 9.12. The van der Waals surface area contributed by atoms with Gasteiger partial charge >= 0.3 is 0 Å². The standard InChI is InChI=1S/C12H17BrN2/c1-2-15(10-6-3-4-7-10)12-9-5-8-11(13)14-12/h5,8-10H,2-4,6-7H2,1H3. The first kappa shape index (κ1) is 10.9. The first-order chi connectivity index (χ1) is 7.31. The second-order valence-electron chi connectivity index (χ2n) is 4.04. The van der Waals surface area contributed by atoms with Crippen molar-refractivity contribution >= 4 is 21.7 Å². The average molecular weight is 269 g/mol. The summed E-state index contributed by atoms with van der Waals surface area (Å²) in [6.07, 6.45) is 5.38. The predicted octanol–water partition coefficient (Wildman–Crippen LogP) is 3.61. The number of nitrogens with zero attached hydrogens (tertiary/aromatic N) is 2. The van der Waals surface area contributed by atoms with Crippen molar-refractivity contribution in [3.63, 3.8) is 0 Å². The zero-order chi connectivity index (χ0) is 10.7. The molecule has 0 unspecified atom stereocenters. The van der Waals surface area contributed by atoms with Crippen molar-refractivity contribution in [3.05, 3.63) is 22.8 Å². The molecule has 0 spiro atoms. The minimum Gasteiger partial charge on any atom is -0.354 e. The first-order valence-electron chi connectivity index (χ1n) is 5.70. The number of hydrogen-bond acceptors (Lipinski definition) is 2. The van der Waals surface area contributed by atoms with Crippen molar-refractivity contribution in [1.29, 1.82) is 0 Å². The predicted molar refractivity (Wildman–Crippen MR) is 67.2 cm³/mol. The third kappa shape index (κ3) is 2.51. The van der Waals surface area contributed by atoms with Crippen LogP contribution >= 0.6 is 15.9 Å². The van der Waals surface area contributed by atoms with Gasteiger partial charge in [-0.05, 0) is 47.8 Å². The second kappa shape index (κ2) is 4.97. The van der Waals surface area contributed by atoms with E-state index < -0.39 is 0 Å². The monoisotopic (exact) mass is 268 g/mol. The van der Waals surface area contributed by atoms with E-state index in [2.05, 4.69) is 44.9 Å². The summed E-state index contributed by atoms with van der Waals surface area (Å²) in [6.45, 7) is 3.26. The van der Waals surface area contributed by atoms with Crippen LogP contribution in [0.5, 0.6) is 0 Å². The lowest BCUT2D eigenvalue weighted by Crippen LogP contribution is -2.33. The Morgan fingerprint density at radius 2 is 2.13 bits per heavy atom. The highest BCUT2D eigenvalue weighted by Gasteiger charge is 2.22. The lowest BCUT2D eigenvalue weighted by atomic mass is 10.2. The molecule has 0 atom stereocenters. The van der Waals surface area contributed by atoms with Gasteiger partial charge in [0.1, 0.15) is 10.4 Å². The van der Waals surface area contributed by atoms with Crippen molar-refractivity contribution in [2.75, 3.05) is 11.4 Å². The van der Waals surface area contributed by atoms with Crippen LogP contribution in [0.15, 0.2) is 22.8 Å². The largest absolute Gasteiger partial charge is 0.354 e. The van der Waals surface area contributed by atoms with Gasteiger partial charge in [0.05, 0.1) is 0 Å². The fraction of sp³-hybridized carbons (Fsp3) is 0.583. The zero-order valence-corrected chi connectivity index (χ0v) is 10.7. The van der Waals surface area contributed by atoms with Gasteiger partial charge in [-0.2, -0.15) is 0 Å². The highest BCUT2D eigenvalue weighted by atomic mass is 79.9. The van der Waals surface area contributed by atoms with E-state index in [1.54, 1.807) is 0 Å².